The number of nitrogen functional groups attached to an aromatic ring is 1. The molecule has 21 heavy (non-hydrogen) atoms. The van der Waals surface area contributed by atoms with Crippen LogP contribution in [0.4, 0.5) is 5.69 Å². The van der Waals surface area contributed by atoms with E-state index in [2.05, 4.69) is 17.0 Å². The Morgan fingerprint density at radius 1 is 1.43 bits per heavy atom. The number of nitrogens with two attached hydrogens (primary N) is 1. The third-order valence-corrected chi connectivity index (χ3v) is 3.06. The quantitative estimate of drug-likeness (QED) is 0.622. The zero-order valence-corrected chi connectivity index (χ0v) is 12.2. The second-order valence-corrected chi connectivity index (χ2v) is 4.81. The molecule has 6 heteroatoms. The van der Waals surface area contributed by atoms with Gasteiger partial charge in [0.2, 0.25) is 0 Å². The summed E-state index contributed by atoms with van der Waals surface area (Å²) >= 11 is 0. The number of rotatable bonds is 7. The molecule has 0 fully saturated rings. The fourth-order valence-electron chi connectivity index (χ4n) is 2.01. The number of carbonyl (C=O) groups excluding carboxylic acids is 1. The van der Waals surface area contributed by atoms with E-state index >= 15 is 0 Å². The van der Waals surface area contributed by atoms with Crippen molar-refractivity contribution >= 4 is 11.7 Å². The summed E-state index contributed by atoms with van der Waals surface area (Å²) in [5.41, 5.74) is 7.43. The second-order valence-electron chi connectivity index (χ2n) is 4.81. The van der Waals surface area contributed by atoms with E-state index in [1.807, 2.05) is 24.3 Å². The lowest BCUT2D eigenvalue weighted by Gasteiger charge is -2.06. The molecule has 0 aliphatic heterocycles. The Hall–Kier alpha value is -2.37. The predicted octanol–water partition coefficient (Wildman–Crippen LogP) is 1.95. The van der Waals surface area contributed by atoms with Crippen LogP contribution in [0.25, 0.3) is 0 Å². The summed E-state index contributed by atoms with van der Waals surface area (Å²) in [6, 6.07) is 7.51. The molecule has 0 aliphatic rings. The molecule has 1 aromatic carbocycles. The Bertz CT molecular complexity index is 595. The largest absolute Gasteiger partial charge is 0.457 e. The summed E-state index contributed by atoms with van der Waals surface area (Å²) in [7, 11) is 0. The average Bonchev–Trinajstić information content (AvgIpc) is 2.91. The highest BCUT2D eigenvalue weighted by atomic mass is 16.5. The standard InChI is InChI=1S/C15H20N4O2/c1-2-8-19-14(17-11-18-19)10-21-15(20)7-6-12-4-3-5-13(16)9-12/h3-5,9,11H,2,6-8,10,16H2,1H3. The van der Waals surface area contributed by atoms with Crippen LogP contribution in [-0.4, -0.2) is 20.7 Å². The van der Waals surface area contributed by atoms with Crippen molar-refractivity contribution in [3.63, 3.8) is 0 Å². The lowest BCUT2D eigenvalue weighted by molar-refractivity contribution is -0.145. The SMILES string of the molecule is CCCn1ncnc1COC(=O)CCc1cccc(N)c1. The summed E-state index contributed by atoms with van der Waals surface area (Å²) in [6.07, 6.45) is 3.38. The molecule has 0 atom stereocenters. The predicted molar refractivity (Wildman–Crippen MR) is 79.3 cm³/mol. The first-order chi connectivity index (χ1) is 10.2. The minimum absolute atomic E-state index is 0.162. The molecule has 1 aromatic heterocycles. The highest BCUT2D eigenvalue weighted by Crippen LogP contribution is 2.09. The maximum absolute atomic E-state index is 11.8. The van der Waals surface area contributed by atoms with E-state index in [1.165, 1.54) is 6.33 Å². The van der Waals surface area contributed by atoms with Crippen LogP contribution in [0.15, 0.2) is 30.6 Å². The highest BCUT2D eigenvalue weighted by molar-refractivity contribution is 5.69. The lowest BCUT2D eigenvalue weighted by Crippen LogP contribution is -2.11. The highest BCUT2D eigenvalue weighted by Gasteiger charge is 2.08. The normalized spacial score (nSPS) is 10.5. The Balaban J connectivity index is 1.78. The van der Waals surface area contributed by atoms with Crippen molar-refractivity contribution in [1.82, 2.24) is 14.8 Å². The van der Waals surface area contributed by atoms with Gasteiger partial charge in [0.15, 0.2) is 12.4 Å². The fraction of sp³-hybridized carbons (Fsp3) is 0.400. The van der Waals surface area contributed by atoms with Crippen molar-refractivity contribution in [1.29, 1.82) is 0 Å². The molecule has 2 N–H and O–H groups in total. The van der Waals surface area contributed by atoms with Gasteiger partial charge in [-0.05, 0) is 30.5 Å². The minimum Gasteiger partial charge on any atom is -0.457 e. The molecule has 0 bridgehead atoms. The molecule has 0 amide bonds. The van der Waals surface area contributed by atoms with Crippen molar-refractivity contribution in [3.05, 3.63) is 42.0 Å². The number of anilines is 1. The Labute approximate surface area is 123 Å². The van der Waals surface area contributed by atoms with Gasteiger partial charge in [-0.2, -0.15) is 5.10 Å². The van der Waals surface area contributed by atoms with Crippen LogP contribution in [-0.2, 0) is 29.1 Å². The van der Waals surface area contributed by atoms with Gasteiger partial charge in [0, 0.05) is 18.7 Å². The first kappa shape index (κ1) is 15.0. The molecular formula is C15H20N4O2. The van der Waals surface area contributed by atoms with Crippen LogP contribution in [0.5, 0.6) is 0 Å². The molecular weight excluding hydrogens is 268 g/mol. The molecule has 0 saturated carbocycles. The topological polar surface area (TPSA) is 83.0 Å². The van der Waals surface area contributed by atoms with E-state index in [0.29, 0.717) is 24.4 Å². The van der Waals surface area contributed by atoms with Gasteiger partial charge in [0.05, 0.1) is 0 Å². The molecule has 0 unspecified atom stereocenters. The molecule has 6 nitrogen and oxygen atoms in total. The maximum atomic E-state index is 11.8. The molecule has 2 rings (SSSR count). The van der Waals surface area contributed by atoms with Gasteiger partial charge in [-0.3, -0.25) is 4.79 Å². The monoisotopic (exact) mass is 288 g/mol. The number of nitrogens with zero attached hydrogens (tertiary/aromatic N) is 3. The van der Waals surface area contributed by atoms with E-state index in [9.17, 15) is 4.79 Å². The number of hydrogen-bond acceptors (Lipinski definition) is 5. The first-order valence-electron chi connectivity index (χ1n) is 7.05. The number of hydrogen-bond donors (Lipinski definition) is 1. The van der Waals surface area contributed by atoms with E-state index in [0.717, 1.165) is 18.5 Å². The zero-order valence-electron chi connectivity index (χ0n) is 12.2. The van der Waals surface area contributed by atoms with Crippen molar-refractivity contribution in [2.24, 2.45) is 0 Å². The van der Waals surface area contributed by atoms with Gasteiger partial charge < -0.3 is 10.5 Å². The summed E-state index contributed by atoms with van der Waals surface area (Å²) in [5.74, 6) is 0.428. The number of ether oxygens (including phenoxy) is 1. The number of carbonyl (C=O) groups is 1. The number of aromatic nitrogens is 3. The second kappa shape index (κ2) is 7.42. The average molecular weight is 288 g/mol. The summed E-state index contributed by atoms with van der Waals surface area (Å²) in [5, 5.41) is 4.09. The Morgan fingerprint density at radius 3 is 3.05 bits per heavy atom. The van der Waals surface area contributed by atoms with Crippen molar-refractivity contribution < 1.29 is 9.53 Å². The van der Waals surface area contributed by atoms with Crippen LogP contribution in [0, 0.1) is 0 Å². The van der Waals surface area contributed by atoms with E-state index in [-0.39, 0.29) is 12.6 Å². The molecule has 0 radical (unpaired) electrons. The summed E-state index contributed by atoms with van der Waals surface area (Å²) in [4.78, 5) is 15.8. The van der Waals surface area contributed by atoms with Gasteiger partial charge in [0.1, 0.15) is 6.33 Å². The number of aryl methyl sites for hydroxylation is 2. The van der Waals surface area contributed by atoms with Crippen LogP contribution >= 0.6 is 0 Å². The lowest BCUT2D eigenvalue weighted by atomic mass is 10.1. The number of benzene rings is 1. The van der Waals surface area contributed by atoms with Crippen molar-refractivity contribution in [2.45, 2.75) is 39.3 Å². The Kier molecular flexibility index (Phi) is 5.31. The summed E-state index contributed by atoms with van der Waals surface area (Å²) in [6.45, 7) is 3.00. The minimum atomic E-state index is -0.247. The van der Waals surface area contributed by atoms with E-state index in [1.54, 1.807) is 4.68 Å². The molecule has 2 aromatic rings. The fourth-order valence-corrected chi connectivity index (χ4v) is 2.01. The van der Waals surface area contributed by atoms with E-state index in [4.69, 9.17) is 10.5 Å². The Morgan fingerprint density at radius 2 is 2.29 bits per heavy atom. The molecule has 112 valence electrons. The maximum Gasteiger partial charge on any atom is 0.306 e. The van der Waals surface area contributed by atoms with Crippen molar-refractivity contribution in [3.8, 4) is 0 Å². The first-order valence-corrected chi connectivity index (χ1v) is 7.05. The molecule has 0 spiro atoms. The molecule has 0 saturated heterocycles. The third kappa shape index (κ3) is 4.59. The van der Waals surface area contributed by atoms with E-state index < -0.39 is 0 Å². The smallest absolute Gasteiger partial charge is 0.306 e. The zero-order chi connectivity index (χ0) is 15.1. The van der Waals surface area contributed by atoms with Gasteiger partial charge in [-0.25, -0.2) is 9.67 Å². The van der Waals surface area contributed by atoms with Gasteiger partial charge in [-0.1, -0.05) is 19.1 Å². The van der Waals surface area contributed by atoms with Gasteiger partial charge in [0.25, 0.3) is 0 Å². The van der Waals surface area contributed by atoms with Crippen LogP contribution in [0.3, 0.4) is 0 Å². The molecule has 0 aliphatic carbocycles. The van der Waals surface area contributed by atoms with Gasteiger partial charge >= 0.3 is 5.97 Å². The van der Waals surface area contributed by atoms with Gasteiger partial charge in [-0.15, -0.1) is 0 Å². The third-order valence-electron chi connectivity index (χ3n) is 3.06. The van der Waals surface area contributed by atoms with Crippen LogP contribution < -0.4 is 5.73 Å². The summed E-state index contributed by atoms with van der Waals surface area (Å²) < 4.78 is 6.99. The van der Waals surface area contributed by atoms with Crippen molar-refractivity contribution in [2.75, 3.05) is 5.73 Å². The van der Waals surface area contributed by atoms with Crippen LogP contribution in [0.2, 0.25) is 0 Å². The van der Waals surface area contributed by atoms with Crippen LogP contribution in [0.1, 0.15) is 31.2 Å². The number of esters is 1. The molecule has 1 heterocycles.